The summed E-state index contributed by atoms with van der Waals surface area (Å²) in [5.74, 6) is -1.42. The molecule has 84 valence electrons. The molecular weight excluding hydrogens is 204 g/mol. The van der Waals surface area contributed by atoms with Crippen molar-refractivity contribution >= 4 is 17.4 Å². The number of Topliss-reactive ketones (excluding diaryl/α,β-unsaturated/α-hetero) is 1. The average Bonchev–Trinajstić information content (AvgIpc) is 2.29. The van der Waals surface area contributed by atoms with Gasteiger partial charge in [-0.05, 0) is 19.1 Å². The molecule has 0 aromatic heterocycles. The number of carbonyl (C=O) groups excluding carboxylic acids is 2. The Morgan fingerprint density at radius 3 is 2.81 bits per heavy atom. The van der Waals surface area contributed by atoms with E-state index in [0.717, 1.165) is 12.2 Å². The Kier molecular flexibility index (Phi) is 2.64. The largest absolute Gasteiger partial charge is 0.370 e. The van der Waals surface area contributed by atoms with E-state index in [4.69, 9.17) is 5.73 Å². The standard InChI is InChI=1S/C12H14N2O2/c1-2-14-7-9(12(13)16)11(15)8-5-3-4-6-10(8)14/h3-6,9H,2,7H2,1H3,(H2,13,16). The summed E-state index contributed by atoms with van der Waals surface area (Å²) in [6.07, 6.45) is 0. The lowest BCUT2D eigenvalue weighted by Crippen LogP contribution is -2.45. The van der Waals surface area contributed by atoms with Gasteiger partial charge < -0.3 is 10.6 Å². The number of amides is 1. The number of carbonyl (C=O) groups is 2. The van der Waals surface area contributed by atoms with Gasteiger partial charge in [0.05, 0.1) is 0 Å². The summed E-state index contributed by atoms with van der Waals surface area (Å²) < 4.78 is 0. The van der Waals surface area contributed by atoms with E-state index in [1.165, 1.54) is 0 Å². The first-order valence-electron chi connectivity index (χ1n) is 5.32. The quantitative estimate of drug-likeness (QED) is 0.747. The van der Waals surface area contributed by atoms with Gasteiger partial charge in [0.2, 0.25) is 5.91 Å². The number of hydrogen-bond acceptors (Lipinski definition) is 3. The lowest BCUT2D eigenvalue weighted by molar-refractivity contribution is -0.120. The maximum absolute atomic E-state index is 12.0. The number of nitrogens with two attached hydrogens (primary N) is 1. The third-order valence-corrected chi connectivity index (χ3v) is 2.95. The molecule has 1 amide bonds. The Hall–Kier alpha value is -1.84. The summed E-state index contributed by atoms with van der Waals surface area (Å²) in [5, 5.41) is 0. The molecule has 2 rings (SSSR count). The molecule has 1 aromatic rings. The third kappa shape index (κ3) is 1.56. The minimum absolute atomic E-state index is 0.159. The molecule has 4 nitrogen and oxygen atoms in total. The van der Waals surface area contributed by atoms with Gasteiger partial charge in [-0.2, -0.15) is 0 Å². The van der Waals surface area contributed by atoms with E-state index >= 15 is 0 Å². The Morgan fingerprint density at radius 2 is 2.19 bits per heavy atom. The van der Waals surface area contributed by atoms with E-state index in [9.17, 15) is 9.59 Å². The summed E-state index contributed by atoms with van der Waals surface area (Å²) in [6.45, 7) is 3.14. The molecule has 4 heteroatoms. The number of fused-ring (bicyclic) bond motifs is 1. The van der Waals surface area contributed by atoms with Gasteiger partial charge in [-0.15, -0.1) is 0 Å². The van der Waals surface area contributed by atoms with Gasteiger partial charge in [0, 0.05) is 24.3 Å². The first kappa shape index (κ1) is 10.7. The molecule has 16 heavy (non-hydrogen) atoms. The second kappa shape index (κ2) is 3.96. The second-order valence-corrected chi connectivity index (χ2v) is 3.87. The highest BCUT2D eigenvalue weighted by Crippen LogP contribution is 2.29. The predicted octanol–water partition coefficient (Wildman–Crippen LogP) is 0.811. The van der Waals surface area contributed by atoms with Gasteiger partial charge in [-0.3, -0.25) is 9.59 Å². The van der Waals surface area contributed by atoms with Crippen molar-refractivity contribution in [1.82, 2.24) is 0 Å². The molecule has 1 heterocycles. The van der Waals surface area contributed by atoms with Gasteiger partial charge in [0.15, 0.2) is 5.78 Å². The summed E-state index contributed by atoms with van der Waals surface area (Å²) in [6, 6.07) is 7.33. The summed E-state index contributed by atoms with van der Waals surface area (Å²) in [7, 11) is 0. The van der Waals surface area contributed by atoms with Crippen molar-refractivity contribution in [2.24, 2.45) is 11.7 Å². The number of anilines is 1. The molecule has 0 fully saturated rings. The normalized spacial score (nSPS) is 19.4. The van der Waals surface area contributed by atoms with Crippen LogP contribution in [0.25, 0.3) is 0 Å². The van der Waals surface area contributed by atoms with Crippen molar-refractivity contribution in [3.05, 3.63) is 29.8 Å². The summed E-state index contributed by atoms with van der Waals surface area (Å²) in [5.41, 5.74) is 6.74. The van der Waals surface area contributed by atoms with E-state index < -0.39 is 11.8 Å². The maximum Gasteiger partial charge on any atom is 0.230 e. The van der Waals surface area contributed by atoms with Crippen LogP contribution in [-0.2, 0) is 4.79 Å². The van der Waals surface area contributed by atoms with Crippen LogP contribution in [0.15, 0.2) is 24.3 Å². The summed E-state index contributed by atoms with van der Waals surface area (Å²) >= 11 is 0. The average molecular weight is 218 g/mol. The third-order valence-electron chi connectivity index (χ3n) is 2.95. The topological polar surface area (TPSA) is 63.4 Å². The van der Waals surface area contributed by atoms with Crippen LogP contribution >= 0.6 is 0 Å². The zero-order valence-corrected chi connectivity index (χ0v) is 9.14. The smallest absolute Gasteiger partial charge is 0.230 e. The van der Waals surface area contributed by atoms with Crippen molar-refractivity contribution in [3.8, 4) is 0 Å². The van der Waals surface area contributed by atoms with Crippen LogP contribution in [0.3, 0.4) is 0 Å². The molecule has 0 radical (unpaired) electrons. The van der Waals surface area contributed by atoms with Crippen molar-refractivity contribution < 1.29 is 9.59 Å². The van der Waals surface area contributed by atoms with Crippen LogP contribution in [-0.4, -0.2) is 24.8 Å². The predicted molar refractivity (Wildman–Crippen MR) is 61.3 cm³/mol. The fraction of sp³-hybridized carbons (Fsp3) is 0.333. The van der Waals surface area contributed by atoms with E-state index in [0.29, 0.717) is 12.1 Å². The minimum atomic E-state index is -0.713. The number of hydrogen-bond donors (Lipinski definition) is 1. The van der Waals surface area contributed by atoms with Gasteiger partial charge in [-0.25, -0.2) is 0 Å². The number of rotatable bonds is 2. The molecule has 0 saturated carbocycles. The molecule has 0 spiro atoms. The first-order valence-corrected chi connectivity index (χ1v) is 5.32. The van der Waals surface area contributed by atoms with Crippen molar-refractivity contribution in [2.45, 2.75) is 6.92 Å². The Morgan fingerprint density at radius 1 is 1.50 bits per heavy atom. The molecule has 1 unspecified atom stereocenters. The van der Waals surface area contributed by atoms with Crippen molar-refractivity contribution in [2.75, 3.05) is 18.0 Å². The molecule has 0 saturated heterocycles. The number of ketones is 1. The van der Waals surface area contributed by atoms with Crippen LogP contribution < -0.4 is 10.6 Å². The Bertz CT molecular complexity index is 442. The maximum atomic E-state index is 12.0. The molecular formula is C12H14N2O2. The minimum Gasteiger partial charge on any atom is -0.370 e. The van der Waals surface area contributed by atoms with Crippen molar-refractivity contribution in [3.63, 3.8) is 0 Å². The lowest BCUT2D eigenvalue weighted by Gasteiger charge is -2.32. The highest BCUT2D eigenvalue weighted by Gasteiger charge is 2.34. The van der Waals surface area contributed by atoms with Crippen LogP contribution in [0.2, 0.25) is 0 Å². The van der Waals surface area contributed by atoms with E-state index in [1.807, 2.05) is 24.0 Å². The Labute approximate surface area is 94.0 Å². The van der Waals surface area contributed by atoms with Gasteiger partial charge >= 0.3 is 0 Å². The summed E-state index contributed by atoms with van der Waals surface area (Å²) in [4.78, 5) is 25.2. The van der Waals surface area contributed by atoms with E-state index in [1.54, 1.807) is 12.1 Å². The van der Waals surface area contributed by atoms with Crippen LogP contribution in [0.1, 0.15) is 17.3 Å². The number of primary amides is 1. The van der Waals surface area contributed by atoms with Crippen LogP contribution in [0.4, 0.5) is 5.69 Å². The van der Waals surface area contributed by atoms with Gasteiger partial charge in [0.1, 0.15) is 5.92 Å². The zero-order chi connectivity index (χ0) is 11.7. The van der Waals surface area contributed by atoms with Gasteiger partial charge in [0.25, 0.3) is 0 Å². The number of para-hydroxylation sites is 1. The number of nitrogens with zero attached hydrogens (tertiary/aromatic N) is 1. The fourth-order valence-electron chi connectivity index (χ4n) is 2.07. The monoisotopic (exact) mass is 218 g/mol. The molecule has 0 bridgehead atoms. The molecule has 1 aromatic carbocycles. The van der Waals surface area contributed by atoms with Gasteiger partial charge in [-0.1, -0.05) is 12.1 Å². The molecule has 1 aliphatic rings. The molecule has 1 aliphatic heterocycles. The lowest BCUT2D eigenvalue weighted by atomic mass is 9.90. The van der Waals surface area contributed by atoms with Crippen LogP contribution in [0, 0.1) is 5.92 Å². The molecule has 2 N–H and O–H groups in total. The zero-order valence-electron chi connectivity index (χ0n) is 9.14. The SMILES string of the molecule is CCN1CC(C(N)=O)C(=O)c2ccccc21. The molecule has 1 atom stereocenters. The number of benzene rings is 1. The van der Waals surface area contributed by atoms with Crippen molar-refractivity contribution in [1.29, 1.82) is 0 Å². The van der Waals surface area contributed by atoms with Crippen LogP contribution in [0.5, 0.6) is 0 Å². The Balaban J connectivity index is 2.48. The van der Waals surface area contributed by atoms with E-state index in [-0.39, 0.29) is 5.78 Å². The first-order chi connectivity index (χ1) is 7.65. The highest BCUT2D eigenvalue weighted by molar-refractivity contribution is 6.14. The van der Waals surface area contributed by atoms with E-state index in [2.05, 4.69) is 0 Å². The fourth-order valence-corrected chi connectivity index (χ4v) is 2.07. The highest BCUT2D eigenvalue weighted by atomic mass is 16.2. The molecule has 0 aliphatic carbocycles. The second-order valence-electron chi connectivity index (χ2n) is 3.87.